The first-order chi connectivity index (χ1) is 9.86. The summed E-state index contributed by atoms with van der Waals surface area (Å²) in [5, 5.41) is 3.49. The van der Waals surface area contributed by atoms with Gasteiger partial charge < -0.3 is 11.1 Å². The van der Waals surface area contributed by atoms with Crippen LogP contribution in [0.5, 0.6) is 0 Å². The van der Waals surface area contributed by atoms with Crippen LogP contribution in [0.1, 0.15) is 32.1 Å². The van der Waals surface area contributed by atoms with Crippen LogP contribution >= 0.6 is 0 Å². The van der Waals surface area contributed by atoms with Crippen LogP contribution in [0.3, 0.4) is 0 Å². The van der Waals surface area contributed by atoms with E-state index in [1.165, 1.54) is 32.1 Å². The molecule has 1 fully saturated rings. The Hall–Kier alpha value is -1.68. The van der Waals surface area contributed by atoms with E-state index in [1.807, 2.05) is 30.5 Å². The predicted octanol–water partition coefficient (Wildman–Crippen LogP) is 2.95. The lowest BCUT2D eigenvalue weighted by molar-refractivity contribution is 0.320. The van der Waals surface area contributed by atoms with Crippen LogP contribution in [0.15, 0.2) is 30.5 Å². The van der Waals surface area contributed by atoms with E-state index < -0.39 is 0 Å². The molecule has 0 aliphatic heterocycles. The van der Waals surface area contributed by atoms with Gasteiger partial charge in [-0.1, -0.05) is 31.4 Å². The number of anilines is 1. The maximum Gasteiger partial charge on any atom is 0.145 e. The predicted molar refractivity (Wildman–Crippen MR) is 82.6 cm³/mol. The second kappa shape index (κ2) is 6.18. The Morgan fingerprint density at radius 1 is 1.15 bits per heavy atom. The second-order valence-electron chi connectivity index (χ2n) is 5.63. The van der Waals surface area contributed by atoms with Gasteiger partial charge in [0.1, 0.15) is 5.82 Å². The minimum atomic E-state index is 0.311. The molecule has 1 atom stereocenters. The van der Waals surface area contributed by atoms with E-state index in [4.69, 9.17) is 5.73 Å². The lowest BCUT2D eigenvalue weighted by Gasteiger charge is -2.30. The largest absolute Gasteiger partial charge is 0.364 e. The van der Waals surface area contributed by atoms with Crippen molar-refractivity contribution in [3.63, 3.8) is 0 Å². The molecule has 3 N–H and O–H groups in total. The van der Waals surface area contributed by atoms with Gasteiger partial charge in [0.25, 0.3) is 0 Å². The topological polar surface area (TPSA) is 63.8 Å². The highest BCUT2D eigenvalue weighted by Crippen LogP contribution is 2.27. The average molecular weight is 270 g/mol. The van der Waals surface area contributed by atoms with Crippen LogP contribution in [0, 0.1) is 5.92 Å². The number of hydrogen-bond donors (Lipinski definition) is 2. The molecule has 20 heavy (non-hydrogen) atoms. The first-order valence-electron chi connectivity index (χ1n) is 7.55. The molecule has 1 aliphatic carbocycles. The summed E-state index contributed by atoms with van der Waals surface area (Å²) in [6.45, 7) is 0.652. The standard InChI is InChI=1S/C16H22N4/c17-10-15(12-6-2-1-3-7-12)20-16-11-18-13-8-4-5-9-14(13)19-16/h4-5,8-9,11-12,15H,1-3,6-7,10,17H2,(H,19,20). The van der Waals surface area contributed by atoms with E-state index in [-0.39, 0.29) is 0 Å². The molecule has 1 aromatic carbocycles. The SMILES string of the molecule is NCC(Nc1cnc2ccccc2n1)C1CCCCC1. The van der Waals surface area contributed by atoms with Gasteiger partial charge in [-0.3, -0.25) is 4.98 Å². The molecular weight excluding hydrogens is 248 g/mol. The fourth-order valence-corrected chi connectivity index (χ4v) is 3.12. The van der Waals surface area contributed by atoms with Crippen molar-refractivity contribution in [1.29, 1.82) is 0 Å². The van der Waals surface area contributed by atoms with Gasteiger partial charge in [-0.25, -0.2) is 4.98 Å². The molecule has 3 rings (SSSR count). The number of nitrogens with zero attached hydrogens (tertiary/aromatic N) is 2. The Morgan fingerprint density at radius 2 is 1.90 bits per heavy atom. The third kappa shape index (κ3) is 2.90. The van der Waals surface area contributed by atoms with Crippen LogP contribution in [-0.2, 0) is 0 Å². The zero-order valence-electron chi connectivity index (χ0n) is 11.8. The van der Waals surface area contributed by atoms with Gasteiger partial charge >= 0.3 is 0 Å². The summed E-state index contributed by atoms with van der Waals surface area (Å²) in [7, 11) is 0. The molecule has 4 heteroatoms. The summed E-state index contributed by atoms with van der Waals surface area (Å²) in [5.41, 5.74) is 7.81. The molecule has 4 nitrogen and oxygen atoms in total. The number of benzene rings is 1. The molecule has 0 amide bonds. The maximum atomic E-state index is 5.95. The maximum absolute atomic E-state index is 5.95. The summed E-state index contributed by atoms with van der Waals surface area (Å²) in [6, 6.07) is 8.25. The van der Waals surface area contributed by atoms with Crippen LogP contribution in [0.2, 0.25) is 0 Å². The van der Waals surface area contributed by atoms with E-state index in [0.29, 0.717) is 18.5 Å². The van der Waals surface area contributed by atoms with Crippen LogP contribution in [0.4, 0.5) is 5.82 Å². The number of nitrogens with one attached hydrogen (secondary N) is 1. The fraction of sp³-hybridized carbons (Fsp3) is 0.500. The third-order valence-corrected chi connectivity index (χ3v) is 4.25. The molecular formula is C16H22N4. The quantitative estimate of drug-likeness (QED) is 0.896. The fourth-order valence-electron chi connectivity index (χ4n) is 3.12. The molecule has 1 unspecified atom stereocenters. The molecule has 2 aromatic rings. The van der Waals surface area contributed by atoms with Gasteiger partial charge in [-0.2, -0.15) is 0 Å². The zero-order valence-corrected chi connectivity index (χ0v) is 11.8. The highest BCUT2D eigenvalue weighted by molar-refractivity contribution is 5.75. The van der Waals surface area contributed by atoms with Crippen molar-refractivity contribution in [3.05, 3.63) is 30.5 Å². The monoisotopic (exact) mass is 270 g/mol. The Bertz CT molecular complexity index is 563. The minimum absolute atomic E-state index is 0.311. The molecule has 0 bridgehead atoms. The van der Waals surface area contributed by atoms with Crippen LogP contribution < -0.4 is 11.1 Å². The zero-order chi connectivity index (χ0) is 13.8. The van der Waals surface area contributed by atoms with Crippen LogP contribution in [0.25, 0.3) is 11.0 Å². The van der Waals surface area contributed by atoms with Crippen molar-refractivity contribution < 1.29 is 0 Å². The number of fused-ring (bicyclic) bond motifs is 1. The second-order valence-corrected chi connectivity index (χ2v) is 5.63. The number of hydrogen-bond acceptors (Lipinski definition) is 4. The minimum Gasteiger partial charge on any atom is -0.364 e. The number of para-hydroxylation sites is 2. The average Bonchev–Trinajstić information content (AvgIpc) is 2.53. The molecule has 0 spiro atoms. The van der Waals surface area contributed by atoms with Crippen molar-refractivity contribution in [3.8, 4) is 0 Å². The highest BCUT2D eigenvalue weighted by Gasteiger charge is 2.22. The number of nitrogens with two attached hydrogens (primary N) is 1. The first-order valence-corrected chi connectivity index (χ1v) is 7.55. The van der Waals surface area contributed by atoms with E-state index in [9.17, 15) is 0 Å². The Labute approximate surface area is 119 Å². The summed E-state index contributed by atoms with van der Waals surface area (Å²) in [4.78, 5) is 9.08. The van der Waals surface area contributed by atoms with Gasteiger partial charge in [-0.05, 0) is 30.9 Å². The Balaban J connectivity index is 1.76. The smallest absolute Gasteiger partial charge is 0.145 e. The molecule has 1 saturated carbocycles. The summed E-state index contributed by atoms with van der Waals surface area (Å²) in [6.07, 6.45) is 8.38. The molecule has 0 saturated heterocycles. The van der Waals surface area contributed by atoms with E-state index in [1.54, 1.807) is 0 Å². The van der Waals surface area contributed by atoms with Crippen molar-refractivity contribution >= 4 is 16.9 Å². The summed E-state index contributed by atoms with van der Waals surface area (Å²) in [5.74, 6) is 1.51. The molecule has 1 aliphatic rings. The van der Waals surface area contributed by atoms with Gasteiger partial charge in [0, 0.05) is 12.6 Å². The molecule has 0 radical (unpaired) electrons. The number of rotatable bonds is 4. The molecule has 1 aromatic heterocycles. The van der Waals surface area contributed by atoms with Gasteiger partial charge in [0.15, 0.2) is 0 Å². The van der Waals surface area contributed by atoms with Gasteiger partial charge in [0.2, 0.25) is 0 Å². The van der Waals surface area contributed by atoms with Crippen molar-refractivity contribution in [2.75, 3.05) is 11.9 Å². The van der Waals surface area contributed by atoms with E-state index >= 15 is 0 Å². The third-order valence-electron chi connectivity index (χ3n) is 4.25. The Morgan fingerprint density at radius 3 is 2.65 bits per heavy atom. The molecule has 1 heterocycles. The highest BCUT2D eigenvalue weighted by atomic mass is 15.0. The summed E-state index contributed by atoms with van der Waals surface area (Å²) < 4.78 is 0. The summed E-state index contributed by atoms with van der Waals surface area (Å²) >= 11 is 0. The van der Waals surface area contributed by atoms with Crippen LogP contribution in [-0.4, -0.2) is 22.6 Å². The van der Waals surface area contributed by atoms with Crippen molar-refractivity contribution in [2.45, 2.75) is 38.1 Å². The van der Waals surface area contributed by atoms with Gasteiger partial charge in [-0.15, -0.1) is 0 Å². The van der Waals surface area contributed by atoms with Crippen molar-refractivity contribution in [1.82, 2.24) is 9.97 Å². The van der Waals surface area contributed by atoms with Gasteiger partial charge in [0.05, 0.1) is 17.2 Å². The van der Waals surface area contributed by atoms with E-state index in [2.05, 4.69) is 15.3 Å². The lowest BCUT2D eigenvalue weighted by Crippen LogP contribution is -2.37. The Kier molecular flexibility index (Phi) is 4.11. The number of aromatic nitrogens is 2. The first kappa shape index (κ1) is 13.3. The van der Waals surface area contributed by atoms with E-state index in [0.717, 1.165) is 16.9 Å². The van der Waals surface area contributed by atoms with Crippen molar-refractivity contribution in [2.24, 2.45) is 11.7 Å². The molecule has 106 valence electrons. The lowest BCUT2D eigenvalue weighted by atomic mass is 9.84. The normalized spacial score (nSPS) is 18.1.